The number of benzene rings is 3. The molecular formula is C23H16ClF3NO7P. The van der Waals surface area contributed by atoms with E-state index in [4.69, 9.17) is 25.6 Å². The molecule has 188 valence electrons. The van der Waals surface area contributed by atoms with Gasteiger partial charge in [0.1, 0.15) is 16.8 Å². The van der Waals surface area contributed by atoms with Crippen molar-refractivity contribution >= 4 is 36.6 Å². The Bertz CT molecular complexity index is 1400. The normalized spacial score (nSPS) is 15.8. The van der Waals surface area contributed by atoms with Crippen molar-refractivity contribution in [1.29, 1.82) is 0 Å². The first-order valence-corrected chi connectivity index (χ1v) is 12.1. The van der Waals surface area contributed by atoms with E-state index in [0.717, 1.165) is 24.3 Å². The highest BCUT2D eigenvalue weighted by Crippen LogP contribution is 2.42. The summed E-state index contributed by atoms with van der Waals surface area (Å²) in [7, 11) is -3.39. The summed E-state index contributed by atoms with van der Waals surface area (Å²) in [6.07, 6.45) is -5.71. The van der Waals surface area contributed by atoms with E-state index in [9.17, 15) is 32.6 Å². The predicted octanol–water partition coefficient (Wildman–Crippen LogP) is 6.61. The molecule has 0 aliphatic carbocycles. The SMILES string of the molecule is CCc1cc([N+](=O)[O-])c([PH](=O)OC2OC(=O)c3ccccc32)cc1Oc1ccc(C(F)(F)F)cc1Cl. The third-order valence-corrected chi connectivity index (χ3v) is 6.88. The van der Waals surface area contributed by atoms with Crippen LogP contribution in [-0.2, 0) is 26.4 Å². The Labute approximate surface area is 207 Å². The van der Waals surface area contributed by atoms with Crippen molar-refractivity contribution in [2.75, 3.05) is 0 Å². The van der Waals surface area contributed by atoms with Gasteiger partial charge in [0, 0.05) is 23.3 Å². The molecule has 1 heterocycles. The molecule has 0 saturated heterocycles. The molecule has 13 heteroatoms. The first-order chi connectivity index (χ1) is 17.0. The molecule has 0 radical (unpaired) electrons. The molecule has 2 atom stereocenters. The topological polar surface area (TPSA) is 105 Å². The molecule has 1 aliphatic rings. The summed E-state index contributed by atoms with van der Waals surface area (Å²) in [5, 5.41) is 11.0. The van der Waals surface area contributed by atoms with Crippen molar-refractivity contribution in [2.24, 2.45) is 0 Å². The summed E-state index contributed by atoms with van der Waals surface area (Å²) in [4.78, 5) is 23.0. The fourth-order valence-corrected chi connectivity index (χ4v) is 4.87. The largest absolute Gasteiger partial charge is 0.455 e. The van der Waals surface area contributed by atoms with E-state index < -0.39 is 42.6 Å². The summed E-state index contributed by atoms with van der Waals surface area (Å²) >= 11 is 5.98. The second-order valence-corrected chi connectivity index (χ2v) is 9.32. The quantitative estimate of drug-likeness (QED) is 0.143. The van der Waals surface area contributed by atoms with Gasteiger partial charge in [-0.05, 0) is 30.7 Å². The van der Waals surface area contributed by atoms with Crippen molar-refractivity contribution in [3.8, 4) is 11.5 Å². The number of rotatable bonds is 7. The highest BCUT2D eigenvalue weighted by molar-refractivity contribution is 7.48. The van der Waals surface area contributed by atoms with Crippen LogP contribution in [0.2, 0.25) is 5.02 Å². The van der Waals surface area contributed by atoms with Crippen LogP contribution < -0.4 is 10.0 Å². The van der Waals surface area contributed by atoms with Crippen LogP contribution in [0.15, 0.2) is 54.6 Å². The number of carbonyl (C=O) groups is 1. The number of aryl methyl sites for hydroxylation is 1. The Morgan fingerprint density at radius 3 is 2.50 bits per heavy atom. The monoisotopic (exact) mass is 541 g/mol. The maximum Gasteiger partial charge on any atom is 0.416 e. The molecule has 0 bridgehead atoms. The molecule has 4 rings (SSSR count). The zero-order chi connectivity index (χ0) is 26.2. The second-order valence-electron chi connectivity index (χ2n) is 7.56. The van der Waals surface area contributed by atoms with E-state index in [1.54, 1.807) is 19.1 Å². The number of fused-ring (bicyclic) bond motifs is 1. The first kappa shape index (κ1) is 25.7. The van der Waals surface area contributed by atoms with E-state index >= 15 is 0 Å². The number of nitro groups is 1. The molecule has 2 unspecified atom stereocenters. The van der Waals surface area contributed by atoms with Crippen molar-refractivity contribution in [3.05, 3.63) is 92.0 Å². The standard InChI is InChI=1S/C23H16ClF3NO7P/c1-2-12-9-17(28(30)31)20(36(32)35-22-15-6-4-3-5-14(15)21(29)34-22)11-19(12)33-18-8-7-13(10-16(18)24)23(25,26)27/h3-11,22,36H,2H2,1H3. The maximum absolute atomic E-state index is 13.1. The van der Waals surface area contributed by atoms with Crippen LogP contribution in [0.3, 0.4) is 0 Å². The fourth-order valence-electron chi connectivity index (χ4n) is 3.54. The van der Waals surface area contributed by atoms with Gasteiger partial charge in [-0.25, -0.2) is 4.79 Å². The van der Waals surface area contributed by atoms with Crippen LogP contribution >= 0.6 is 19.6 Å². The average molecular weight is 542 g/mol. The van der Waals surface area contributed by atoms with Gasteiger partial charge in [0.25, 0.3) is 5.69 Å². The molecule has 8 nitrogen and oxygen atoms in total. The molecule has 0 fully saturated rings. The molecule has 36 heavy (non-hydrogen) atoms. The number of hydrogen-bond acceptors (Lipinski definition) is 7. The number of nitrogens with zero attached hydrogens (tertiary/aromatic N) is 1. The number of alkyl halides is 3. The van der Waals surface area contributed by atoms with E-state index in [0.29, 0.717) is 17.2 Å². The van der Waals surface area contributed by atoms with Crippen molar-refractivity contribution < 1.29 is 41.5 Å². The molecule has 0 amide bonds. The van der Waals surface area contributed by atoms with Crippen LogP contribution in [0.5, 0.6) is 11.5 Å². The van der Waals surface area contributed by atoms with Gasteiger partial charge in [0.2, 0.25) is 14.3 Å². The van der Waals surface area contributed by atoms with E-state index in [1.807, 2.05) is 0 Å². The van der Waals surface area contributed by atoms with Gasteiger partial charge >= 0.3 is 12.1 Å². The van der Waals surface area contributed by atoms with Gasteiger partial charge < -0.3 is 9.47 Å². The average Bonchev–Trinajstić information content (AvgIpc) is 3.14. The Morgan fingerprint density at radius 1 is 1.14 bits per heavy atom. The van der Waals surface area contributed by atoms with Crippen molar-refractivity contribution in [1.82, 2.24) is 0 Å². The fraction of sp³-hybridized carbons (Fsp3) is 0.174. The van der Waals surface area contributed by atoms with Gasteiger partial charge in [0.15, 0.2) is 0 Å². The van der Waals surface area contributed by atoms with E-state index in [1.165, 1.54) is 12.1 Å². The van der Waals surface area contributed by atoms with E-state index in [-0.39, 0.29) is 33.8 Å². The third-order valence-electron chi connectivity index (χ3n) is 5.32. The maximum atomic E-state index is 13.1. The van der Waals surface area contributed by atoms with Gasteiger partial charge in [-0.15, -0.1) is 0 Å². The number of esters is 1. The molecule has 0 N–H and O–H groups in total. The van der Waals surface area contributed by atoms with Gasteiger partial charge in [0.05, 0.1) is 21.1 Å². The lowest BCUT2D eigenvalue weighted by molar-refractivity contribution is -0.383. The molecule has 0 saturated carbocycles. The minimum atomic E-state index is -4.61. The highest BCUT2D eigenvalue weighted by atomic mass is 35.5. The Morgan fingerprint density at radius 2 is 1.86 bits per heavy atom. The number of ether oxygens (including phenoxy) is 2. The minimum Gasteiger partial charge on any atom is -0.455 e. The second kappa shape index (κ2) is 9.93. The summed E-state index contributed by atoms with van der Waals surface area (Å²) < 4.78 is 68.2. The Balaban J connectivity index is 1.69. The molecule has 0 spiro atoms. The summed E-state index contributed by atoms with van der Waals surface area (Å²) in [5.41, 5.74) is -0.645. The zero-order valence-corrected chi connectivity index (χ0v) is 20.1. The van der Waals surface area contributed by atoms with Gasteiger partial charge in [-0.3, -0.25) is 19.2 Å². The van der Waals surface area contributed by atoms with Crippen molar-refractivity contribution in [3.63, 3.8) is 0 Å². The van der Waals surface area contributed by atoms with Crippen LogP contribution in [0.25, 0.3) is 0 Å². The van der Waals surface area contributed by atoms with Crippen LogP contribution in [0, 0.1) is 10.1 Å². The Hall–Kier alpha value is -3.40. The van der Waals surface area contributed by atoms with Crippen molar-refractivity contribution in [2.45, 2.75) is 25.8 Å². The third kappa shape index (κ3) is 5.09. The van der Waals surface area contributed by atoms with Gasteiger partial charge in [-0.2, -0.15) is 13.2 Å². The number of nitro benzene ring substituents is 1. The molecule has 3 aromatic rings. The summed E-state index contributed by atoms with van der Waals surface area (Å²) in [6.45, 7) is 1.68. The minimum absolute atomic E-state index is 0.00877. The Kier molecular flexibility index (Phi) is 7.08. The summed E-state index contributed by atoms with van der Waals surface area (Å²) in [5.74, 6) is -0.842. The molecule has 3 aromatic carbocycles. The number of hydrogen-bond donors (Lipinski definition) is 0. The lowest BCUT2D eigenvalue weighted by Crippen LogP contribution is -2.11. The molecule has 1 aliphatic heterocycles. The van der Waals surface area contributed by atoms with Crippen LogP contribution in [0.1, 0.15) is 40.3 Å². The highest BCUT2D eigenvalue weighted by Gasteiger charge is 2.35. The predicted molar refractivity (Wildman–Crippen MR) is 123 cm³/mol. The number of halogens is 4. The smallest absolute Gasteiger partial charge is 0.416 e. The molecule has 0 aromatic heterocycles. The van der Waals surface area contributed by atoms with E-state index in [2.05, 4.69) is 0 Å². The van der Waals surface area contributed by atoms with Gasteiger partial charge in [-0.1, -0.05) is 36.7 Å². The number of cyclic esters (lactones) is 1. The number of carbonyl (C=O) groups excluding carboxylic acids is 1. The zero-order valence-electron chi connectivity index (χ0n) is 18.3. The van der Waals surface area contributed by atoms with Crippen LogP contribution in [0.4, 0.5) is 18.9 Å². The first-order valence-electron chi connectivity index (χ1n) is 10.4. The lowest BCUT2D eigenvalue weighted by atomic mass is 10.1. The van der Waals surface area contributed by atoms with Crippen LogP contribution in [-0.4, -0.2) is 10.9 Å². The lowest BCUT2D eigenvalue weighted by Gasteiger charge is -2.16. The molecular weight excluding hydrogens is 526 g/mol. The summed E-state index contributed by atoms with van der Waals surface area (Å²) in [6, 6.07) is 11.0.